The maximum atomic E-state index is 12.7. The molecule has 0 saturated carbocycles. The Balaban J connectivity index is 1.54. The fraction of sp³-hybridized carbons (Fsp3) is 0.208. The Labute approximate surface area is 198 Å². The molecule has 6 N–H and O–H groups in total. The van der Waals surface area contributed by atoms with Gasteiger partial charge in [0.2, 0.25) is 21.8 Å². The molecule has 0 aliphatic heterocycles. The molecule has 2 amide bonds. The summed E-state index contributed by atoms with van der Waals surface area (Å²) in [7, 11) is -3.94. The highest BCUT2D eigenvalue weighted by Gasteiger charge is 2.24. The maximum absolute atomic E-state index is 12.7. The van der Waals surface area contributed by atoms with Crippen LogP contribution in [0.25, 0.3) is 10.8 Å². The monoisotopic (exact) mass is 481 g/mol. The third-order valence-electron chi connectivity index (χ3n) is 5.24. The molecule has 0 unspecified atom stereocenters. The van der Waals surface area contributed by atoms with Crippen molar-refractivity contribution in [2.75, 3.05) is 0 Å². The van der Waals surface area contributed by atoms with Gasteiger partial charge >= 0.3 is 0 Å². The Kier molecular flexibility index (Phi) is 7.64. The number of amides is 2. The van der Waals surface area contributed by atoms with Crippen LogP contribution in [-0.4, -0.2) is 38.2 Å². The molecule has 0 fully saturated rings. The van der Waals surface area contributed by atoms with E-state index in [0.29, 0.717) is 5.56 Å². The van der Waals surface area contributed by atoms with Gasteiger partial charge in [0, 0.05) is 12.1 Å². The van der Waals surface area contributed by atoms with Crippen molar-refractivity contribution < 1.29 is 18.0 Å². The fourth-order valence-electron chi connectivity index (χ4n) is 3.24. The lowest BCUT2D eigenvalue weighted by atomic mass is 10.1. The van der Waals surface area contributed by atoms with Crippen molar-refractivity contribution in [1.29, 1.82) is 5.41 Å². The summed E-state index contributed by atoms with van der Waals surface area (Å²) < 4.78 is 27.8. The van der Waals surface area contributed by atoms with E-state index >= 15 is 0 Å². The van der Waals surface area contributed by atoms with Crippen LogP contribution in [0.4, 0.5) is 0 Å². The Bertz CT molecular complexity index is 1320. The van der Waals surface area contributed by atoms with Crippen molar-refractivity contribution >= 4 is 38.4 Å². The molecule has 178 valence electrons. The molecule has 9 nitrogen and oxygen atoms in total. The molecular formula is C24H27N5O4S. The van der Waals surface area contributed by atoms with Gasteiger partial charge < -0.3 is 16.4 Å². The third kappa shape index (κ3) is 6.18. The number of nitrogens with two attached hydrogens (primary N) is 1. The molecule has 2 atom stereocenters. The van der Waals surface area contributed by atoms with E-state index in [2.05, 4.69) is 15.4 Å². The molecule has 3 rings (SSSR count). The zero-order valence-electron chi connectivity index (χ0n) is 18.8. The first-order chi connectivity index (χ1) is 16.1. The highest BCUT2D eigenvalue weighted by atomic mass is 32.2. The molecule has 0 aliphatic carbocycles. The van der Waals surface area contributed by atoms with Crippen LogP contribution in [-0.2, 0) is 26.2 Å². The number of carbonyl (C=O) groups excluding carboxylic acids is 2. The number of hydrogen-bond donors (Lipinski definition) is 5. The van der Waals surface area contributed by atoms with E-state index in [1.54, 1.807) is 36.4 Å². The molecule has 3 aromatic carbocycles. The summed E-state index contributed by atoms with van der Waals surface area (Å²) in [5, 5.41) is 14.3. The first-order valence-electron chi connectivity index (χ1n) is 10.6. The van der Waals surface area contributed by atoms with E-state index in [4.69, 9.17) is 11.1 Å². The van der Waals surface area contributed by atoms with Gasteiger partial charge in [-0.15, -0.1) is 0 Å². The lowest BCUT2D eigenvalue weighted by Gasteiger charge is -2.18. The van der Waals surface area contributed by atoms with Gasteiger partial charge in [-0.25, -0.2) is 8.42 Å². The summed E-state index contributed by atoms with van der Waals surface area (Å²) >= 11 is 0. The number of nitrogens with one attached hydrogen (secondary N) is 4. The molecule has 3 aromatic rings. The summed E-state index contributed by atoms with van der Waals surface area (Å²) in [5.41, 5.74) is 6.80. The van der Waals surface area contributed by atoms with Gasteiger partial charge in [-0.1, -0.05) is 54.6 Å². The zero-order chi connectivity index (χ0) is 24.9. The van der Waals surface area contributed by atoms with Crippen molar-refractivity contribution in [3.05, 3.63) is 77.9 Å². The quantitative estimate of drug-likeness (QED) is 0.232. The van der Waals surface area contributed by atoms with Gasteiger partial charge in [-0.3, -0.25) is 15.0 Å². The average molecular weight is 482 g/mol. The summed E-state index contributed by atoms with van der Waals surface area (Å²) in [4.78, 5) is 24.9. The van der Waals surface area contributed by atoms with Crippen LogP contribution in [0.15, 0.2) is 71.6 Å². The van der Waals surface area contributed by atoms with Crippen molar-refractivity contribution in [2.24, 2.45) is 5.73 Å². The van der Waals surface area contributed by atoms with Gasteiger partial charge in [0.05, 0.1) is 10.9 Å². The lowest BCUT2D eigenvalue weighted by molar-refractivity contribution is -0.129. The predicted octanol–water partition coefficient (Wildman–Crippen LogP) is 1.61. The van der Waals surface area contributed by atoms with Crippen molar-refractivity contribution in [2.45, 2.75) is 37.4 Å². The fourth-order valence-corrected chi connectivity index (χ4v) is 4.48. The normalized spacial score (nSPS) is 13.1. The van der Waals surface area contributed by atoms with Crippen LogP contribution in [0.3, 0.4) is 0 Å². The number of fused-ring (bicyclic) bond motifs is 1. The van der Waals surface area contributed by atoms with Crippen LogP contribution in [0.1, 0.15) is 25.0 Å². The van der Waals surface area contributed by atoms with Crippen molar-refractivity contribution in [1.82, 2.24) is 15.4 Å². The zero-order valence-corrected chi connectivity index (χ0v) is 19.6. The van der Waals surface area contributed by atoms with Gasteiger partial charge in [0.1, 0.15) is 11.9 Å². The molecule has 0 radical (unpaired) electrons. The van der Waals surface area contributed by atoms with Gasteiger partial charge in [-0.05, 0) is 42.3 Å². The maximum Gasteiger partial charge on any atom is 0.242 e. The minimum Gasteiger partial charge on any atom is -0.384 e. The molecule has 0 saturated heterocycles. The molecule has 10 heteroatoms. The van der Waals surface area contributed by atoms with Crippen LogP contribution < -0.4 is 21.1 Å². The number of hydrogen-bond acceptors (Lipinski definition) is 5. The Hall–Kier alpha value is -3.76. The van der Waals surface area contributed by atoms with E-state index in [-0.39, 0.29) is 17.3 Å². The predicted molar refractivity (Wildman–Crippen MR) is 131 cm³/mol. The van der Waals surface area contributed by atoms with Crippen LogP contribution in [0, 0.1) is 5.41 Å². The third-order valence-corrected chi connectivity index (χ3v) is 6.78. The highest BCUT2D eigenvalue weighted by Crippen LogP contribution is 2.19. The molecular weight excluding hydrogens is 454 g/mol. The number of rotatable bonds is 9. The van der Waals surface area contributed by atoms with Crippen LogP contribution in [0.2, 0.25) is 0 Å². The van der Waals surface area contributed by atoms with Gasteiger partial charge in [0.25, 0.3) is 0 Å². The van der Waals surface area contributed by atoms with E-state index < -0.39 is 33.9 Å². The van der Waals surface area contributed by atoms with Crippen LogP contribution >= 0.6 is 0 Å². The van der Waals surface area contributed by atoms with E-state index in [1.165, 1.54) is 19.9 Å². The van der Waals surface area contributed by atoms with Gasteiger partial charge in [0.15, 0.2) is 0 Å². The second-order valence-electron chi connectivity index (χ2n) is 7.91. The molecule has 34 heavy (non-hydrogen) atoms. The van der Waals surface area contributed by atoms with Crippen molar-refractivity contribution in [3.8, 4) is 0 Å². The topological polar surface area (TPSA) is 154 Å². The summed E-state index contributed by atoms with van der Waals surface area (Å²) in [5.74, 6) is -1.09. The molecule has 0 aromatic heterocycles. The number of sulfonamides is 1. The summed E-state index contributed by atoms with van der Waals surface area (Å²) in [6.07, 6.45) is 0. The second kappa shape index (κ2) is 10.4. The smallest absolute Gasteiger partial charge is 0.242 e. The Morgan fingerprint density at radius 2 is 1.56 bits per heavy atom. The average Bonchev–Trinajstić information content (AvgIpc) is 2.82. The second-order valence-corrected chi connectivity index (χ2v) is 9.62. The molecule has 0 aliphatic rings. The SMILES string of the molecule is C[C@H](NC(=O)[C@@H](C)NS(=O)(=O)c1ccc2ccccc2c1)C(=O)NCc1ccc(C(=N)N)cc1. The van der Waals surface area contributed by atoms with E-state index in [9.17, 15) is 18.0 Å². The Morgan fingerprint density at radius 1 is 0.912 bits per heavy atom. The summed E-state index contributed by atoms with van der Waals surface area (Å²) in [6, 6.07) is 17.0. The molecule has 0 spiro atoms. The van der Waals surface area contributed by atoms with Crippen LogP contribution in [0.5, 0.6) is 0 Å². The number of carbonyl (C=O) groups is 2. The Morgan fingerprint density at radius 3 is 2.21 bits per heavy atom. The summed E-state index contributed by atoms with van der Waals surface area (Å²) in [6.45, 7) is 3.15. The van der Waals surface area contributed by atoms with Crippen molar-refractivity contribution in [3.63, 3.8) is 0 Å². The number of amidine groups is 1. The first-order valence-corrected chi connectivity index (χ1v) is 12.1. The van der Waals surface area contributed by atoms with E-state index in [0.717, 1.165) is 16.3 Å². The minimum atomic E-state index is -3.94. The lowest BCUT2D eigenvalue weighted by Crippen LogP contribution is -2.51. The number of benzene rings is 3. The minimum absolute atomic E-state index is 0.0442. The standard InChI is InChI=1S/C24H27N5O4S/c1-15(23(30)27-14-17-7-9-19(10-8-17)22(25)26)28-24(31)16(2)29-34(32,33)21-12-11-18-5-3-4-6-20(18)13-21/h3-13,15-16,29H,14H2,1-2H3,(H3,25,26)(H,27,30)(H,28,31)/t15-,16+/m0/s1. The van der Waals surface area contributed by atoms with Gasteiger partial charge in [-0.2, -0.15) is 4.72 Å². The number of nitrogen functional groups attached to an aromatic ring is 1. The highest BCUT2D eigenvalue weighted by molar-refractivity contribution is 7.89. The van der Waals surface area contributed by atoms with E-state index in [1.807, 2.05) is 24.3 Å². The largest absolute Gasteiger partial charge is 0.384 e. The first kappa shape index (κ1) is 24.9. The molecule has 0 bridgehead atoms. The molecule has 0 heterocycles.